The monoisotopic (exact) mass is 463 g/mol. The number of nitrogens with one attached hydrogen (secondary N) is 2. The van der Waals surface area contributed by atoms with E-state index in [1.807, 2.05) is 12.1 Å². The van der Waals surface area contributed by atoms with Gasteiger partial charge in [0.1, 0.15) is 11.5 Å². The van der Waals surface area contributed by atoms with Gasteiger partial charge < -0.3 is 14.3 Å². The number of aryl methyl sites for hydroxylation is 1. The van der Waals surface area contributed by atoms with Crippen molar-refractivity contribution in [2.24, 2.45) is 5.92 Å². The maximum absolute atomic E-state index is 12.9. The summed E-state index contributed by atoms with van der Waals surface area (Å²) in [5, 5.41) is 3.47. The Labute approximate surface area is 192 Å². The van der Waals surface area contributed by atoms with Gasteiger partial charge >= 0.3 is 10.1 Å². The first-order valence-corrected chi connectivity index (χ1v) is 13.3. The number of nitrogens with zero attached hydrogens (tertiary/aromatic N) is 1. The highest BCUT2D eigenvalue weighted by Crippen LogP contribution is 2.32. The minimum atomic E-state index is -3.96. The third-order valence-electron chi connectivity index (χ3n) is 6.98. The Hall–Kier alpha value is -1.61. The molecule has 1 aromatic rings. The highest BCUT2D eigenvalue weighted by molar-refractivity contribution is 7.88. The van der Waals surface area contributed by atoms with Crippen LogP contribution in [0.3, 0.4) is 0 Å². The summed E-state index contributed by atoms with van der Waals surface area (Å²) in [5.41, 5.74) is 5.07. The fourth-order valence-corrected chi connectivity index (χ4v) is 6.13. The predicted octanol–water partition coefficient (Wildman–Crippen LogP) is 3.12. The minimum Gasteiger partial charge on any atom is -0.412 e. The predicted molar refractivity (Wildman–Crippen MR) is 126 cm³/mol. The zero-order valence-corrected chi connectivity index (χ0v) is 20.3. The van der Waals surface area contributed by atoms with E-state index < -0.39 is 15.0 Å². The van der Waals surface area contributed by atoms with Gasteiger partial charge in [-0.3, -0.25) is 4.90 Å². The lowest BCUT2D eigenvalue weighted by Crippen LogP contribution is -2.46. The summed E-state index contributed by atoms with van der Waals surface area (Å²) in [6.07, 6.45) is 8.30. The summed E-state index contributed by atoms with van der Waals surface area (Å²) in [4.78, 5) is 6.43. The van der Waals surface area contributed by atoms with Gasteiger partial charge in [-0.1, -0.05) is 13.0 Å². The van der Waals surface area contributed by atoms with Gasteiger partial charge in [-0.2, -0.15) is 8.42 Å². The van der Waals surface area contributed by atoms with Crippen LogP contribution in [0, 0.1) is 5.92 Å². The first-order chi connectivity index (χ1) is 15.3. The maximum Gasteiger partial charge on any atom is 0.335 e. The zero-order chi connectivity index (χ0) is 22.8. The van der Waals surface area contributed by atoms with Crippen molar-refractivity contribution in [1.82, 2.24) is 15.7 Å². The molecule has 2 N–H and O–H groups in total. The molecule has 0 aromatic heterocycles. The average Bonchev–Trinajstić information content (AvgIpc) is 3.14. The molecule has 0 radical (unpaired) electrons. The van der Waals surface area contributed by atoms with Crippen molar-refractivity contribution in [1.29, 1.82) is 0 Å². The van der Waals surface area contributed by atoms with E-state index in [0.29, 0.717) is 17.6 Å². The second-order valence-corrected chi connectivity index (χ2v) is 11.5. The molecule has 178 valence electrons. The Balaban J connectivity index is 1.47. The molecule has 2 unspecified atom stereocenters. The lowest BCUT2D eigenvalue weighted by atomic mass is 9.86. The summed E-state index contributed by atoms with van der Waals surface area (Å²) >= 11 is 0. The SMILES string of the molecule is CCCN(CC1CCNCC1)C1CCc2ccc(OS(=O)(=O)C3(C)C=C(C)ON3)cc2C1. The number of allylic oxidation sites excluding steroid dienone is 1. The summed E-state index contributed by atoms with van der Waals surface area (Å²) in [6.45, 7) is 10.0. The second-order valence-electron chi connectivity index (χ2n) is 9.62. The van der Waals surface area contributed by atoms with Crippen molar-refractivity contribution in [3.8, 4) is 5.75 Å². The lowest BCUT2D eigenvalue weighted by molar-refractivity contribution is 0.108. The van der Waals surface area contributed by atoms with E-state index in [1.165, 1.54) is 37.0 Å². The van der Waals surface area contributed by atoms with Gasteiger partial charge in [-0.25, -0.2) is 0 Å². The number of hydrogen-bond donors (Lipinski definition) is 2. The molecule has 8 heteroatoms. The standard InChI is InChI=1S/C24H37N3O4S/c1-4-13-27(17-19-9-11-25-12-10-19)22-7-5-20-6-8-23(15-21(20)14-22)31-32(28,29)24(3)16-18(2)30-26-24/h6,8,15-16,19,22,25-26H,4-5,7,9-14,17H2,1-3H3. The van der Waals surface area contributed by atoms with Gasteiger partial charge in [0, 0.05) is 12.6 Å². The van der Waals surface area contributed by atoms with Crippen molar-refractivity contribution < 1.29 is 17.4 Å². The molecule has 1 aromatic carbocycles. The van der Waals surface area contributed by atoms with Crippen LogP contribution in [-0.4, -0.2) is 50.4 Å². The Morgan fingerprint density at radius 1 is 1.22 bits per heavy atom. The lowest BCUT2D eigenvalue weighted by Gasteiger charge is -2.38. The third-order valence-corrected chi connectivity index (χ3v) is 8.63. The Morgan fingerprint density at radius 3 is 2.69 bits per heavy atom. The quantitative estimate of drug-likeness (QED) is 0.574. The molecule has 32 heavy (non-hydrogen) atoms. The third kappa shape index (κ3) is 5.14. The first kappa shape index (κ1) is 23.5. The Bertz CT molecular complexity index is 943. The van der Waals surface area contributed by atoms with Gasteiger partial charge in [0.05, 0.1) is 0 Å². The van der Waals surface area contributed by atoms with E-state index in [-0.39, 0.29) is 0 Å². The summed E-state index contributed by atoms with van der Waals surface area (Å²) in [7, 11) is -3.96. The van der Waals surface area contributed by atoms with Crippen LogP contribution in [0.15, 0.2) is 30.0 Å². The number of rotatable bonds is 8. The minimum absolute atomic E-state index is 0.366. The van der Waals surface area contributed by atoms with Crippen LogP contribution in [0.4, 0.5) is 0 Å². The van der Waals surface area contributed by atoms with Gasteiger partial charge in [-0.05, 0) is 107 Å². The molecule has 4 rings (SSSR count). The summed E-state index contributed by atoms with van der Waals surface area (Å²) < 4.78 is 31.3. The smallest absolute Gasteiger partial charge is 0.335 e. The molecule has 2 atom stereocenters. The molecule has 3 aliphatic rings. The molecule has 2 heterocycles. The van der Waals surface area contributed by atoms with E-state index in [1.54, 1.807) is 13.0 Å². The average molecular weight is 464 g/mol. The highest BCUT2D eigenvalue weighted by Gasteiger charge is 2.44. The van der Waals surface area contributed by atoms with E-state index in [9.17, 15) is 8.42 Å². The van der Waals surface area contributed by atoms with Crippen LogP contribution in [0.2, 0.25) is 0 Å². The van der Waals surface area contributed by atoms with E-state index in [4.69, 9.17) is 9.02 Å². The van der Waals surface area contributed by atoms with Crippen LogP contribution < -0.4 is 15.0 Å². The van der Waals surface area contributed by atoms with Crippen molar-refractivity contribution in [3.63, 3.8) is 0 Å². The molecule has 7 nitrogen and oxygen atoms in total. The van der Waals surface area contributed by atoms with Crippen molar-refractivity contribution in [2.45, 2.75) is 70.2 Å². The molecule has 1 aliphatic carbocycles. The molecular formula is C24H37N3O4S. The fourth-order valence-electron chi connectivity index (χ4n) is 5.15. The van der Waals surface area contributed by atoms with Crippen LogP contribution in [0.5, 0.6) is 5.75 Å². The van der Waals surface area contributed by atoms with Gasteiger partial charge in [-0.15, -0.1) is 5.48 Å². The maximum atomic E-state index is 12.9. The Morgan fingerprint density at radius 2 is 2.00 bits per heavy atom. The molecular weight excluding hydrogens is 426 g/mol. The van der Waals surface area contributed by atoms with Crippen molar-refractivity contribution in [2.75, 3.05) is 26.2 Å². The number of benzene rings is 1. The van der Waals surface area contributed by atoms with Crippen LogP contribution in [0.1, 0.15) is 57.6 Å². The molecule has 1 saturated heterocycles. The first-order valence-electron chi connectivity index (χ1n) is 11.9. The van der Waals surface area contributed by atoms with Gasteiger partial charge in [0.15, 0.2) is 0 Å². The highest BCUT2D eigenvalue weighted by atomic mass is 32.2. The van der Waals surface area contributed by atoms with Crippen molar-refractivity contribution >= 4 is 10.1 Å². The van der Waals surface area contributed by atoms with E-state index in [0.717, 1.165) is 57.8 Å². The van der Waals surface area contributed by atoms with Crippen LogP contribution >= 0.6 is 0 Å². The van der Waals surface area contributed by atoms with E-state index >= 15 is 0 Å². The van der Waals surface area contributed by atoms with Crippen LogP contribution in [-0.2, 0) is 27.8 Å². The van der Waals surface area contributed by atoms with Crippen molar-refractivity contribution in [3.05, 3.63) is 41.2 Å². The topological polar surface area (TPSA) is 79.9 Å². The normalized spacial score (nSPS) is 26.5. The van der Waals surface area contributed by atoms with Crippen LogP contribution in [0.25, 0.3) is 0 Å². The molecule has 0 spiro atoms. The molecule has 0 amide bonds. The van der Waals surface area contributed by atoms with Gasteiger partial charge in [0.25, 0.3) is 0 Å². The summed E-state index contributed by atoms with van der Waals surface area (Å²) in [5.74, 6) is 1.64. The van der Waals surface area contributed by atoms with Gasteiger partial charge in [0.2, 0.25) is 4.87 Å². The summed E-state index contributed by atoms with van der Waals surface area (Å²) in [6, 6.07) is 6.21. The Kier molecular flexibility index (Phi) is 7.14. The molecule has 0 saturated carbocycles. The fraction of sp³-hybridized carbons (Fsp3) is 0.667. The molecule has 0 bridgehead atoms. The number of hydroxylamine groups is 1. The number of fused-ring (bicyclic) bond motifs is 1. The zero-order valence-electron chi connectivity index (χ0n) is 19.5. The van der Waals surface area contributed by atoms with E-state index in [2.05, 4.69) is 22.6 Å². The molecule has 2 aliphatic heterocycles. The number of hydrogen-bond acceptors (Lipinski definition) is 7. The molecule has 1 fully saturated rings. The second kappa shape index (κ2) is 9.71. The number of piperidine rings is 1. The largest absolute Gasteiger partial charge is 0.412 e.